The van der Waals surface area contributed by atoms with Gasteiger partial charge in [-0.15, -0.1) is 0 Å². The topological polar surface area (TPSA) is 83.5 Å². The lowest BCUT2D eigenvalue weighted by molar-refractivity contribution is 0.305. The maximum atomic E-state index is 13.3. The van der Waals surface area contributed by atoms with Gasteiger partial charge in [-0.05, 0) is 42.8 Å². The van der Waals surface area contributed by atoms with Crippen LogP contribution in [-0.2, 0) is 13.0 Å². The second-order valence-corrected chi connectivity index (χ2v) is 9.39. The van der Waals surface area contributed by atoms with E-state index in [1.807, 2.05) is 74.4 Å². The Labute approximate surface area is 218 Å². The fourth-order valence-corrected chi connectivity index (χ4v) is 4.12. The maximum absolute atomic E-state index is 13.3. The van der Waals surface area contributed by atoms with E-state index in [9.17, 15) is 10.1 Å². The van der Waals surface area contributed by atoms with Crippen molar-refractivity contribution in [2.45, 2.75) is 26.4 Å². The quantitative estimate of drug-likeness (QED) is 0.273. The maximum Gasteiger partial charge on any atom is 0.282 e. The lowest BCUT2D eigenvalue weighted by Gasteiger charge is -2.16. The number of halogens is 1. The molecule has 8 heteroatoms. The van der Waals surface area contributed by atoms with Gasteiger partial charge in [-0.1, -0.05) is 41.1 Å². The predicted octanol–water partition coefficient (Wildman–Crippen LogP) is 5.51. The number of nitriles is 1. The van der Waals surface area contributed by atoms with Crippen molar-refractivity contribution >= 4 is 38.7 Å². The van der Waals surface area contributed by atoms with Crippen LogP contribution in [0, 0.1) is 11.3 Å². The van der Waals surface area contributed by atoms with E-state index in [1.54, 1.807) is 18.3 Å². The zero-order valence-corrected chi connectivity index (χ0v) is 22.0. The van der Waals surface area contributed by atoms with Gasteiger partial charge in [0.05, 0.1) is 28.8 Å². The largest absolute Gasteiger partial charge is 0.488 e. The monoisotopic (exact) mass is 543 g/mol. The first-order chi connectivity index (χ1) is 17.4. The molecule has 0 radical (unpaired) electrons. The number of hydrogen-bond donors (Lipinski definition) is 0. The molecule has 0 bridgehead atoms. The molecule has 0 saturated heterocycles. The summed E-state index contributed by atoms with van der Waals surface area (Å²) in [6.07, 6.45) is 3.07. The van der Waals surface area contributed by atoms with Crippen LogP contribution in [0.5, 0.6) is 5.75 Å². The van der Waals surface area contributed by atoms with Gasteiger partial charge < -0.3 is 9.64 Å². The zero-order chi connectivity index (χ0) is 25.7. The van der Waals surface area contributed by atoms with Crippen LogP contribution in [0.1, 0.15) is 35.9 Å². The average Bonchev–Trinajstić information content (AvgIpc) is 2.88. The number of aromatic nitrogens is 2. The highest BCUT2D eigenvalue weighted by molar-refractivity contribution is 9.10. The molecule has 0 N–H and O–H groups in total. The Balaban J connectivity index is 1.75. The summed E-state index contributed by atoms with van der Waals surface area (Å²) >= 11 is 3.44. The minimum Gasteiger partial charge on any atom is -0.488 e. The summed E-state index contributed by atoms with van der Waals surface area (Å²) in [5.41, 5.74) is 3.45. The second-order valence-electron chi connectivity index (χ2n) is 8.48. The van der Waals surface area contributed by atoms with Gasteiger partial charge in [-0.25, -0.2) is 4.98 Å². The molecule has 0 aliphatic rings. The van der Waals surface area contributed by atoms with Crippen LogP contribution in [-0.4, -0.2) is 30.0 Å². The van der Waals surface area contributed by atoms with Gasteiger partial charge >= 0.3 is 0 Å². The summed E-state index contributed by atoms with van der Waals surface area (Å²) in [6.45, 7) is 2.27. The molecule has 0 unspecified atom stereocenters. The second kappa shape index (κ2) is 11.2. The standard InChI is InChI=1S/C28H26BrN5O2/c1-4-7-27-32-25-13-11-22(29)14-24(25)28(35)34(27)31-17-20-10-12-23(33(2)3)15-26(20)36-18-21-9-6-5-8-19(21)16-30/h5-6,8-15,17H,4,7,18H2,1-3H3. The van der Waals surface area contributed by atoms with Gasteiger partial charge in [-0.2, -0.15) is 15.0 Å². The van der Waals surface area contributed by atoms with Crippen LogP contribution < -0.4 is 15.2 Å². The van der Waals surface area contributed by atoms with Gasteiger partial charge in [0.2, 0.25) is 0 Å². The highest BCUT2D eigenvalue weighted by atomic mass is 79.9. The van der Waals surface area contributed by atoms with E-state index in [1.165, 1.54) is 4.68 Å². The molecule has 0 saturated carbocycles. The van der Waals surface area contributed by atoms with Crippen molar-refractivity contribution in [3.63, 3.8) is 0 Å². The Hall–Kier alpha value is -3.96. The van der Waals surface area contributed by atoms with Gasteiger partial charge in [0.25, 0.3) is 5.56 Å². The summed E-state index contributed by atoms with van der Waals surface area (Å²) in [5.74, 6) is 1.20. The van der Waals surface area contributed by atoms with E-state index in [2.05, 4.69) is 27.1 Å². The lowest BCUT2D eigenvalue weighted by Crippen LogP contribution is -2.22. The van der Waals surface area contributed by atoms with Crippen LogP contribution >= 0.6 is 15.9 Å². The van der Waals surface area contributed by atoms with Crippen molar-refractivity contribution in [3.8, 4) is 11.8 Å². The summed E-state index contributed by atoms with van der Waals surface area (Å²) < 4.78 is 8.33. The van der Waals surface area contributed by atoms with Crippen LogP contribution in [0.3, 0.4) is 0 Å². The van der Waals surface area contributed by atoms with Crippen molar-refractivity contribution < 1.29 is 4.74 Å². The van der Waals surface area contributed by atoms with Crippen LogP contribution in [0.25, 0.3) is 10.9 Å². The SMILES string of the molecule is CCCc1nc2ccc(Br)cc2c(=O)n1N=Cc1ccc(N(C)C)cc1OCc1ccccc1C#N. The molecular formula is C28H26BrN5O2. The lowest BCUT2D eigenvalue weighted by atomic mass is 10.1. The number of rotatable bonds is 8. The molecule has 1 aromatic heterocycles. The van der Waals surface area contributed by atoms with Gasteiger partial charge in [0.1, 0.15) is 18.2 Å². The van der Waals surface area contributed by atoms with Crippen molar-refractivity contribution in [2.24, 2.45) is 5.10 Å². The Morgan fingerprint density at radius 2 is 1.97 bits per heavy atom. The highest BCUT2D eigenvalue weighted by Crippen LogP contribution is 2.25. The van der Waals surface area contributed by atoms with Gasteiger partial charge in [0, 0.05) is 47.9 Å². The molecule has 0 aliphatic heterocycles. The van der Waals surface area contributed by atoms with Crippen molar-refractivity contribution in [2.75, 3.05) is 19.0 Å². The molecule has 3 aromatic carbocycles. The summed E-state index contributed by atoms with van der Waals surface area (Å²) in [4.78, 5) is 20.0. The molecule has 7 nitrogen and oxygen atoms in total. The number of fused-ring (bicyclic) bond motifs is 1. The number of aryl methyl sites for hydroxylation is 1. The van der Waals surface area contributed by atoms with E-state index in [0.717, 1.165) is 22.1 Å². The molecule has 0 aliphatic carbocycles. The van der Waals surface area contributed by atoms with E-state index in [0.29, 0.717) is 40.0 Å². The third-order valence-corrected chi connectivity index (χ3v) is 6.19. The Morgan fingerprint density at radius 3 is 2.72 bits per heavy atom. The normalized spacial score (nSPS) is 11.1. The first-order valence-electron chi connectivity index (χ1n) is 11.6. The van der Waals surface area contributed by atoms with Gasteiger partial charge in [0.15, 0.2) is 0 Å². The minimum atomic E-state index is -0.226. The fourth-order valence-electron chi connectivity index (χ4n) is 3.76. The summed E-state index contributed by atoms with van der Waals surface area (Å²) in [6, 6.07) is 20.8. The molecule has 0 atom stereocenters. The van der Waals surface area contributed by atoms with Gasteiger partial charge in [-0.3, -0.25) is 4.79 Å². The van der Waals surface area contributed by atoms with Crippen LogP contribution in [0.15, 0.2) is 75.0 Å². The Kier molecular flexibility index (Phi) is 7.81. The van der Waals surface area contributed by atoms with Crippen molar-refractivity contribution in [3.05, 3.63) is 98.0 Å². The van der Waals surface area contributed by atoms with E-state index < -0.39 is 0 Å². The number of benzene rings is 3. The first-order valence-corrected chi connectivity index (χ1v) is 12.4. The van der Waals surface area contributed by atoms with E-state index in [-0.39, 0.29) is 12.2 Å². The number of anilines is 1. The molecule has 36 heavy (non-hydrogen) atoms. The molecular weight excluding hydrogens is 518 g/mol. The third-order valence-electron chi connectivity index (χ3n) is 5.70. The number of nitrogens with zero attached hydrogens (tertiary/aromatic N) is 5. The Bertz CT molecular complexity index is 1540. The summed E-state index contributed by atoms with van der Waals surface area (Å²) in [7, 11) is 3.90. The molecule has 0 spiro atoms. The average molecular weight is 544 g/mol. The number of ether oxygens (including phenoxy) is 1. The van der Waals surface area contributed by atoms with Crippen molar-refractivity contribution in [1.29, 1.82) is 5.26 Å². The molecule has 182 valence electrons. The first kappa shape index (κ1) is 25.1. The molecule has 4 rings (SSSR count). The zero-order valence-electron chi connectivity index (χ0n) is 20.4. The van der Waals surface area contributed by atoms with E-state index in [4.69, 9.17) is 9.72 Å². The summed E-state index contributed by atoms with van der Waals surface area (Å²) in [5, 5.41) is 14.5. The van der Waals surface area contributed by atoms with E-state index >= 15 is 0 Å². The predicted molar refractivity (Wildman–Crippen MR) is 147 cm³/mol. The van der Waals surface area contributed by atoms with Crippen LogP contribution in [0.4, 0.5) is 5.69 Å². The molecule has 1 heterocycles. The fraction of sp³-hybridized carbons (Fsp3) is 0.214. The molecule has 0 amide bonds. The van der Waals surface area contributed by atoms with Crippen LogP contribution in [0.2, 0.25) is 0 Å². The minimum absolute atomic E-state index is 0.226. The smallest absolute Gasteiger partial charge is 0.282 e. The number of hydrogen-bond acceptors (Lipinski definition) is 6. The highest BCUT2D eigenvalue weighted by Gasteiger charge is 2.12. The Morgan fingerprint density at radius 1 is 1.17 bits per heavy atom. The van der Waals surface area contributed by atoms with Crippen molar-refractivity contribution in [1.82, 2.24) is 9.66 Å². The molecule has 4 aromatic rings. The third kappa shape index (κ3) is 5.47. The molecule has 0 fully saturated rings.